The average molecular weight is 311 g/mol. The molecule has 0 spiro atoms. The number of sulfonamides is 1. The number of nitrogens with one attached hydrogen (secondary N) is 1. The molecule has 0 fully saturated rings. The number of nitrogens with zero attached hydrogens (tertiary/aromatic N) is 1. The van der Waals surface area contributed by atoms with E-state index < -0.39 is 10.0 Å². The Morgan fingerprint density at radius 1 is 1.20 bits per heavy atom. The number of benzene rings is 1. The van der Waals surface area contributed by atoms with Gasteiger partial charge in [0, 0.05) is 12.4 Å². The van der Waals surface area contributed by atoms with Crippen molar-refractivity contribution in [1.29, 1.82) is 0 Å². The van der Waals surface area contributed by atoms with Crippen molar-refractivity contribution in [3.63, 3.8) is 0 Å². The molecule has 0 bridgehead atoms. The second kappa shape index (κ2) is 5.81. The topological polar surface area (TPSA) is 59.1 Å². The SMILES string of the molecule is CC(C)c1ccccc1NS(=O)(=O)c1cnccc1Cl. The van der Waals surface area contributed by atoms with Crippen LogP contribution < -0.4 is 4.72 Å². The van der Waals surface area contributed by atoms with Crippen LogP contribution in [0.5, 0.6) is 0 Å². The Bertz CT molecular complexity index is 715. The van der Waals surface area contributed by atoms with E-state index in [4.69, 9.17) is 11.6 Å². The van der Waals surface area contributed by atoms with Crippen LogP contribution in [0.1, 0.15) is 25.3 Å². The van der Waals surface area contributed by atoms with Crippen LogP contribution in [0.4, 0.5) is 5.69 Å². The minimum Gasteiger partial charge on any atom is -0.279 e. The zero-order valence-electron chi connectivity index (χ0n) is 11.2. The molecule has 1 heterocycles. The maximum Gasteiger partial charge on any atom is 0.264 e. The highest BCUT2D eigenvalue weighted by Crippen LogP contribution is 2.27. The summed E-state index contributed by atoms with van der Waals surface area (Å²) in [6.45, 7) is 4.01. The number of pyridine rings is 1. The number of hydrogen-bond donors (Lipinski definition) is 1. The van der Waals surface area contributed by atoms with E-state index >= 15 is 0 Å². The third-order valence-electron chi connectivity index (χ3n) is 2.85. The van der Waals surface area contributed by atoms with Gasteiger partial charge in [-0.1, -0.05) is 43.6 Å². The highest BCUT2D eigenvalue weighted by Gasteiger charge is 2.19. The number of hydrogen-bond acceptors (Lipinski definition) is 3. The van der Waals surface area contributed by atoms with Gasteiger partial charge in [0.05, 0.1) is 10.7 Å². The predicted octanol–water partition coefficient (Wildman–Crippen LogP) is 3.66. The summed E-state index contributed by atoms with van der Waals surface area (Å²) in [6, 6.07) is 8.74. The van der Waals surface area contributed by atoms with Gasteiger partial charge in [0.25, 0.3) is 10.0 Å². The van der Waals surface area contributed by atoms with Crippen molar-refractivity contribution in [3.05, 3.63) is 53.3 Å². The summed E-state index contributed by atoms with van der Waals surface area (Å²) in [5.74, 6) is 0.207. The molecule has 20 heavy (non-hydrogen) atoms. The first-order chi connectivity index (χ1) is 9.42. The summed E-state index contributed by atoms with van der Waals surface area (Å²) in [5.41, 5.74) is 1.48. The molecule has 1 aromatic carbocycles. The Balaban J connectivity index is 2.42. The van der Waals surface area contributed by atoms with Crippen LogP contribution in [0.15, 0.2) is 47.6 Å². The summed E-state index contributed by atoms with van der Waals surface area (Å²) in [5, 5.41) is 0.148. The van der Waals surface area contributed by atoms with Crippen LogP contribution in [0, 0.1) is 0 Å². The highest BCUT2D eigenvalue weighted by molar-refractivity contribution is 7.92. The van der Waals surface area contributed by atoms with E-state index in [1.807, 2.05) is 26.0 Å². The van der Waals surface area contributed by atoms with E-state index in [1.165, 1.54) is 18.5 Å². The largest absolute Gasteiger partial charge is 0.279 e. The van der Waals surface area contributed by atoms with Crippen LogP contribution in [-0.4, -0.2) is 13.4 Å². The average Bonchev–Trinajstić information content (AvgIpc) is 2.39. The lowest BCUT2D eigenvalue weighted by Crippen LogP contribution is -2.15. The molecule has 0 unspecified atom stereocenters. The third kappa shape index (κ3) is 3.11. The number of halogens is 1. The van der Waals surface area contributed by atoms with Gasteiger partial charge < -0.3 is 0 Å². The van der Waals surface area contributed by atoms with E-state index in [9.17, 15) is 8.42 Å². The molecule has 0 aliphatic carbocycles. The molecule has 0 radical (unpaired) electrons. The van der Waals surface area contributed by atoms with Gasteiger partial charge in [-0.3, -0.25) is 9.71 Å². The summed E-state index contributed by atoms with van der Waals surface area (Å²) < 4.78 is 27.3. The smallest absolute Gasteiger partial charge is 0.264 e. The molecule has 4 nitrogen and oxygen atoms in total. The van der Waals surface area contributed by atoms with Gasteiger partial charge in [-0.15, -0.1) is 0 Å². The van der Waals surface area contributed by atoms with E-state index in [-0.39, 0.29) is 15.8 Å². The first kappa shape index (κ1) is 14.8. The molecule has 1 N–H and O–H groups in total. The highest BCUT2D eigenvalue weighted by atomic mass is 35.5. The summed E-state index contributed by atoms with van der Waals surface area (Å²) in [6.07, 6.45) is 2.69. The van der Waals surface area contributed by atoms with Crippen molar-refractivity contribution >= 4 is 27.3 Å². The molecular weight excluding hydrogens is 296 g/mol. The van der Waals surface area contributed by atoms with Crippen molar-refractivity contribution < 1.29 is 8.42 Å². The lowest BCUT2D eigenvalue weighted by Gasteiger charge is -2.15. The monoisotopic (exact) mass is 310 g/mol. The molecule has 106 valence electrons. The second-order valence-electron chi connectivity index (χ2n) is 4.65. The van der Waals surface area contributed by atoms with Crippen molar-refractivity contribution in [3.8, 4) is 0 Å². The van der Waals surface area contributed by atoms with Gasteiger partial charge in [0.2, 0.25) is 0 Å². The van der Waals surface area contributed by atoms with Gasteiger partial charge in [-0.2, -0.15) is 0 Å². The van der Waals surface area contributed by atoms with Crippen LogP contribution in [0.25, 0.3) is 0 Å². The molecule has 0 saturated carbocycles. The Morgan fingerprint density at radius 2 is 1.90 bits per heavy atom. The van der Waals surface area contributed by atoms with Gasteiger partial charge >= 0.3 is 0 Å². The maximum atomic E-state index is 12.4. The predicted molar refractivity (Wildman–Crippen MR) is 80.6 cm³/mol. The van der Waals surface area contributed by atoms with Crippen LogP contribution in [0.3, 0.4) is 0 Å². The van der Waals surface area contributed by atoms with E-state index in [0.717, 1.165) is 5.56 Å². The van der Waals surface area contributed by atoms with Crippen LogP contribution in [0.2, 0.25) is 5.02 Å². The second-order valence-corrected chi connectivity index (χ2v) is 6.71. The minimum absolute atomic E-state index is 0.0276. The zero-order valence-corrected chi connectivity index (χ0v) is 12.7. The molecule has 0 aliphatic heterocycles. The summed E-state index contributed by atoms with van der Waals surface area (Å²) >= 11 is 5.92. The molecule has 2 aromatic rings. The summed E-state index contributed by atoms with van der Waals surface area (Å²) in [4.78, 5) is 3.78. The van der Waals surface area contributed by atoms with Crippen LogP contribution in [-0.2, 0) is 10.0 Å². The fraction of sp³-hybridized carbons (Fsp3) is 0.214. The molecule has 0 saturated heterocycles. The summed E-state index contributed by atoms with van der Waals surface area (Å²) in [7, 11) is -3.74. The molecule has 0 atom stereocenters. The van der Waals surface area contributed by atoms with Gasteiger partial charge in [0.1, 0.15) is 4.90 Å². The Labute approximate surface area is 123 Å². The van der Waals surface area contributed by atoms with Crippen molar-refractivity contribution in [2.45, 2.75) is 24.7 Å². The fourth-order valence-electron chi connectivity index (χ4n) is 1.85. The Morgan fingerprint density at radius 3 is 2.55 bits per heavy atom. The van der Waals surface area contributed by atoms with Gasteiger partial charge in [-0.25, -0.2) is 8.42 Å². The molecule has 0 amide bonds. The van der Waals surface area contributed by atoms with E-state index in [1.54, 1.807) is 12.1 Å². The Kier molecular flexibility index (Phi) is 4.30. The third-order valence-corrected chi connectivity index (χ3v) is 4.69. The lowest BCUT2D eigenvalue weighted by atomic mass is 10.0. The zero-order chi connectivity index (χ0) is 14.8. The number of rotatable bonds is 4. The van der Waals surface area contributed by atoms with Crippen LogP contribution >= 0.6 is 11.6 Å². The Hall–Kier alpha value is -1.59. The first-order valence-electron chi connectivity index (χ1n) is 6.13. The molecule has 6 heteroatoms. The van der Waals surface area contributed by atoms with Gasteiger partial charge in [0.15, 0.2) is 0 Å². The van der Waals surface area contributed by atoms with Crippen molar-refractivity contribution in [2.24, 2.45) is 0 Å². The number of anilines is 1. The van der Waals surface area contributed by atoms with Crippen molar-refractivity contribution in [2.75, 3.05) is 4.72 Å². The lowest BCUT2D eigenvalue weighted by molar-refractivity contribution is 0.600. The first-order valence-corrected chi connectivity index (χ1v) is 7.99. The normalized spacial score (nSPS) is 11.6. The van der Waals surface area contributed by atoms with E-state index in [0.29, 0.717) is 5.69 Å². The molecular formula is C14H15ClN2O2S. The van der Waals surface area contributed by atoms with Gasteiger partial charge in [-0.05, 0) is 23.6 Å². The maximum absolute atomic E-state index is 12.4. The number of para-hydroxylation sites is 1. The standard InChI is InChI=1S/C14H15ClN2O2S/c1-10(2)11-5-3-4-6-13(11)17-20(18,19)14-9-16-8-7-12(14)15/h3-10,17H,1-2H3. The van der Waals surface area contributed by atoms with Crippen molar-refractivity contribution in [1.82, 2.24) is 4.98 Å². The minimum atomic E-state index is -3.74. The quantitative estimate of drug-likeness (QED) is 0.937. The molecule has 2 rings (SSSR count). The number of aromatic nitrogens is 1. The molecule has 0 aliphatic rings. The fourth-order valence-corrected chi connectivity index (χ4v) is 3.37. The molecule has 1 aromatic heterocycles. The van der Waals surface area contributed by atoms with E-state index in [2.05, 4.69) is 9.71 Å².